The summed E-state index contributed by atoms with van der Waals surface area (Å²) in [5.74, 6) is -13.9. The number of hydrogen-bond donors (Lipinski definition) is 0. The number of carbonyl (C=O) groups excluding carboxylic acids is 2. The SMILES string of the molecule is CCCCCCN(C(=O)CCCC)C(CC(OCC)C1=NC(C(=O)Oc2c(F)c(F)c(F)c(F)c2F)CS1)C(C)C. The zero-order valence-corrected chi connectivity index (χ0v) is 25.2. The van der Waals surface area contributed by atoms with Gasteiger partial charge in [0.1, 0.15) is 6.10 Å². The van der Waals surface area contributed by atoms with E-state index < -0.39 is 53.0 Å². The molecule has 1 aliphatic heterocycles. The zero-order chi connectivity index (χ0) is 30.7. The lowest BCUT2D eigenvalue weighted by molar-refractivity contribution is -0.136. The molecule has 0 N–H and O–H groups in total. The second-order valence-electron chi connectivity index (χ2n) is 10.4. The monoisotopic (exact) mass is 608 g/mol. The minimum absolute atomic E-state index is 0.0373. The average Bonchev–Trinajstić information content (AvgIpc) is 3.45. The summed E-state index contributed by atoms with van der Waals surface area (Å²) < 4.78 is 79.1. The maximum absolute atomic E-state index is 14.0. The number of aliphatic imine (C=N–C) groups is 1. The van der Waals surface area contributed by atoms with Gasteiger partial charge in [0, 0.05) is 37.8 Å². The molecular formula is C29H41F5N2O4S. The Kier molecular flexibility index (Phi) is 14.5. The van der Waals surface area contributed by atoms with E-state index >= 15 is 0 Å². The molecule has 3 atom stereocenters. The van der Waals surface area contributed by atoms with E-state index in [1.165, 1.54) is 11.8 Å². The Bertz CT molecular complexity index is 1040. The Morgan fingerprint density at radius 1 is 0.927 bits per heavy atom. The summed E-state index contributed by atoms with van der Waals surface area (Å²) in [7, 11) is 0. The van der Waals surface area contributed by atoms with Gasteiger partial charge in [-0.3, -0.25) is 9.79 Å². The summed E-state index contributed by atoms with van der Waals surface area (Å²) in [4.78, 5) is 32.2. The summed E-state index contributed by atoms with van der Waals surface area (Å²) in [6.45, 7) is 11.0. The molecule has 1 heterocycles. The summed E-state index contributed by atoms with van der Waals surface area (Å²) in [5.41, 5.74) is 0. The van der Waals surface area contributed by atoms with Crippen molar-refractivity contribution in [2.45, 2.75) is 104 Å². The van der Waals surface area contributed by atoms with Gasteiger partial charge in [-0.1, -0.05) is 53.4 Å². The van der Waals surface area contributed by atoms with Gasteiger partial charge in [0.25, 0.3) is 0 Å². The Labute approximate surface area is 243 Å². The Hall–Kier alpha value is -2.21. The molecule has 0 spiro atoms. The van der Waals surface area contributed by atoms with Crippen LogP contribution in [0.2, 0.25) is 0 Å². The van der Waals surface area contributed by atoms with E-state index in [9.17, 15) is 31.5 Å². The van der Waals surface area contributed by atoms with Crippen molar-refractivity contribution in [2.75, 3.05) is 18.9 Å². The van der Waals surface area contributed by atoms with Crippen molar-refractivity contribution in [2.24, 2.45) is 10.9 Å². The van der Waals surface area contributed by atoms with Gasteiger partial charge in [0.15, 0.2) is 6.04 Å². The molecule has 0 saturated heterocycles. The van der Waals surface area contributed by atoms with Gasteiger partial charge >= 0.3 is 5.97 Å². The van der Waals surface area contributed by atoms with E-state index in [-0.39, 0.29) is 23.6 Å². The zero-order valence-electron chi connectivity index (χ0n) is 24.4. The number of unbranched alkanes of at least 4 members (excludes halogenated alkanes) is 4. The van der Waals surface area contributed by atoms with Crippen LogP contribution in [0.4, 0.5) is 22.0 Å². The molecule has 1 amide bonds. The van der Waals surface area contributed by atoms with Crippen molar-refractivity contribution in [1.29, 1.82) is 0 Å². The average molecular weight is 609 g/mol. The largest absolute Gasteiger partial charge is 0.418 e. The predicted molar refractivity (Wildman–Crippen MR) is 150 cm³/mol. The smallest absolute Gasteiger partial charge is 0.337 e. The number of halogens is 5. The van der Waals surface area contributed by atoms with E-state index in [2.05, 4.69) is 16.7 Å². The number of ether oxygens (including phenoxy) is 2. The lowest BCUT2D eigenvalue weighted by Crippen LogP contribution is -2.46. The molecule has 232 valence electrons. The van der Waals surface area contributed by atoms with Gasteiger partial charge in [-0.05, 0) is 25.7 Å². The lowest BCUT2D eigenvalue weighted by Gasteiger charge is -2.37. The van der Waals surface area contributed by atoms with Gasteiger partial charge < -0.3 is 14.4 Å². The van der Waals surface area contributed by atoms with E-state index in [4.69, 9.17) is 4.74 Å². The van der Waals surface area contributed by atoms with Crippen LogP contribution in [0.15, 0.2) is 4.99 Å². The first-order valence-electron chi connectivity index (χ1n) is 14.3. The first-order valence-corrected chi connectivity index (χ1v) is 15.3. The highest BCUT2D eigenvalue weighted by atomic mass is 32.2. The van der Waals surface area contributed by atoms with Crippen LogP contribution in [-0.2, 0) is 14.3 Å². The van der Waals surface area contributed by atoms with Crippen molar-refractivity contribution in [3.05, 3.63) is 29.1 Å². The van der Waals surface area contributed by atoms with Crippen LogP contribution >= 0.6 is 11.8 Å². The Balaban J connectivity index is 2.26. The maximum atomic E-state index is 14.0. The molecule has 0 bridgehead atoms. The van der Waals surface area contributed by atoms with E-state index in [0.717, 1.165) is 38.5 Å². The molecule has 1 aromatic carbocycles. The van der Waals surface area contributed by atoms with Crippen molar-refractivity contribution < 1.29 is 41.0 Å². The quantitative estimate of drug-likeness (QED) is 0.0467. The van der Waals surface area contributed by atoms with Crippen LogP contribution in [0, 0.1) is 35.0 Å². The summed E-state index contributed by atoms with van der Waals surface area (Å²) in [6.07, 6.45) is 6.06. The maximum Gasteiger partial charge on any atom is 0.337 e. The predicted octanol–water partition coefficient (Wildman–Crippen LogP) is 7.22. The van der Waals surface area contributed by atoms with Crippen LogP contribution in [0.1, 0.15) is 86.0 Å². The summed E-state index contributed by atoms with van der Waals surface area (Å²) in [6, 6.07) is -1.40. The van der Waals surface area contributed by atoms with E-state index in [1.807, 2.05) is 25.7 Å². The first-order chi connectivity index (χ1) is 19.5. The number of benzene rings is 1. The third-order valence-corrected chi connectivity index (χ3v) is 8.05. The molecule has 0 fully saturated rings. The van der Waals surface area contributed by atoms with Crippen LogP contribution in [-0.4, -0.2) is 58.9 Å². The molecule has 1 aliphatic rings. The van der Waals surface area contributed by atoms with Crippen molar-refractivity contribution in [3.8, 4) is 5.75 Å². The molecule has 0 aliphatic carbocycles. The molecule has 41 heavy (non-hydrogen) atoms. The lowest BCUT2D eigenvalue weighted by atomic mass is 9.95. The van der Waals surface area contributed by atoms with Crippen molar-refractivity contribution in [1.82, 2.24) is 4.90 Å². The second-order valence-corrected chi connectivity index (χ2v) is 11.4. The van der Waals surface area contributed by atoms with Gasteiger partial charge in [0.05, 0.1) is 5.04 Å². The number of carbonyl (C=O) groups is 2. The molecule has 0 aromatic heterocycles. The van der Waals surface area contributed by atoms with Crippen molar-refractivity contribution >= 4 is 28.7 Å². The fraction of sp³-hybridized carbons (Fsp3) is 0.690. The fourth-order valence-corrected chi connectivity index (χ4v) is 5.70. The summed E-state index contributed by atoms with van der Waals surface area (Å²) >= 11 is 1.19. The Morgan fingerprint density at radius 2 is 1.54 bits per heavy atom. The standard InChI is InChI=1S/C29H41F5N2O4S/c1-6-9-11-12-14-36(21(37)13-10-7-2)19(17(4)5)15-20(39-8-3)28-35-18(16-41-28)29(38)40-27-25(33)23(31)22(30)24(32)26(27)34/h17-20H,6-16H2,1-5H3. The third kappa shape index (κ3) is 9.39. The highest BCUT2D eigenvalue weighted by molar-refractivity contribution is 8.14. The molecule has 3 unspecified atom stereocenters. The molecule has 0 saturated carbocycles. The molecule has 12 heteroatoms. The molecule has 2 rings (SSSR count). The van der Waals surface area contributed by atoms with Gasteiger partial charge in [-0.15, -0.1) is 11.8 Å². The van der Waals surface area contributed by atoms with Crippen LogP contribution in [0.3, 0.4) is 0 Å². The minimum Gasteiger partial charge on any atom is -0.418 e. The first kappa shape index (κ1) is 35.0. The van der Waals surface area contributed by atoms with Gasteiger partial charge in [0.2, 0.25) is 40.7 Å². The van der Waals surface area contributed by atoms with Gasteiger partial charge in [-0.25, -0.2) is 18.0 Å². The van der Waals surface area contributed by atoms with E-state index in [0.29, 0.717) is 31.0 Å². The van der Waals surface area contributed by atoms with E-state index in [1.54, 1.807) is 6.92 Å². The molecule has 1 aromatic rings. The highest BCUT2D eigenvalue weighted by Crippen LogP contribution is 2.32. The van der Waals surface area contributed by atoms with Crippen molar-refractivity contribution in [3.63, 3.8) is 0 Å². The highest BCUT2D eigenvalue weighted by Gasteiger charge is 2.37. The van der Waals surface area contributed by atoms with Gasteiger partial charge in [-0.2, -0.15) is 8.78 Å². The third-order valence-electron chi connectivity index (χ3n) is 6.90. The molecule has 6 nitrogen and oxygen atoms in total. The second kappa shape index (κ2) is 17.0. The number of thioether (sulfide) groups is 1. The number of nitrogens with zero attached hydrogens (tertiary/aromatic N) is 2. The number of hydrogen-bond acceptors (Lipinski definition) is 6. The summed E-state index contributed by atoms with van der Waals surface area (Å²) in [5, 5.41) is 0.448. The topological polar surface area (TPSA) is 68.2 Å². The normalized spacial score (nSPS) is 16.6. The van der Waals surface area contributed by atoms with Crippen LogP contribution in [0.25, 0.3) is 0 Å². The minimum atomic E-state index is -2.34. The molecular weight excluding hydrogens is 567 g/mol. The fourth-order valence-electron chi connectivity index (χ4n) is 4.61. The number of esters is 1. The van der Waals surface area contributed by atoms with Crippen LogP contribution in [0.5, 0.6) is 5.75 Å². The Morgan fingerprint density at radius 3 is 2.10 bits per heavy atom. The molecule has 0 radical (unpaired) electrons. The van der Waals surface area contributed by atoms with Crippen LogP contribution < -0.4 is 4.74 Å². The number of rotatable bonds is 17. The number of amides is 1.